The van der Waals surface area contributed by atoms with Crippen LogP contribution >= 0.6 is 0 Å². The van der Waals surface area contributed by atoms with Gasteiger partial charge in [-0.3, -0.25) is 0 Å². The highest BCUT2D eigenvalue weighted by molar-refractivity contribution is 5.44. The second kappa shape index (κ2) is 4.26. The molecule has 4 nitrogen and oxygen atoms in total. The third kappa shape index (κ3) is 2.26. The molecule has 0 fully saturated rings. The summed E-state index contributed by atoms with van der Waals surface area (Å²) < 4.78 is 20.0. The Morgan fingerprint density at radius 2 is 2.18 bits per heavy atom. The van der Waals surface area contributed by atoms with Crippen LogP contribution < -0.4 is 4.74 Å². The van der Waals surface area contributed by atoms with Crippen molar-refractivity contribution in [3.8, 4) is 17.7 Å². The van der Waals surface area contributed by atoms with Crippen molar-refractivity contribution in [3.05, 3.63) is 41.3 Å². The maximum absolute atomic E-state index is 12.9. The van der Waals surface area contributed by atoms with E-state index in [-0.39, 0.29) is 5.56 Å². The van der Waals surface area contributed by atoms with E-state index in [1.165, 1.54) is 12.1 Å². The monoisotopic (exact) mass is 231 g/mol. The summed E-state index contributed by atoms with van der Waals surface area (Å²) in [5.74, 6) is 0.359. The molecule has 0 aliphatic heterocycles. The highest BCUT2D eigenvalue weighted by Crippen LogP contribution is 2.25. The van der Waals surface area contributed by atoms with Crippen LogP contribution in [0, 0.1) is 24.1 Å². The highest BCUT2D eigenvalue weighted by atomic mass is 19.1. The summed E-state index contributed by atoms with van der Waals surface area (Å²) in [6, 6.07) is 7.44. The van der Waals surface area contributed by atoms with Gasteiger partial charge in [-0.05, 0) is 25.1 Å². The van der Waals surface area contributed by atoms with E-state index in [4.69, 9.17) is 10.00 Å². The first-order chi connectivity index (χ1) is 8.10. The van der Waals surface area contributed by atoms with Crippen molar-refractivity contribution in [2.75, 3.05) is 0 Å². The van der Waals surface area contributed by atoms with Crippen LogP contribution in [0.3, 0.4) is 0 Å². The summed E-state index contributed by atoms with van der Waals surface area (Å²) in [5, 5.41) is 13.0. The Bertz CT molecular complexity index is 598. The fourth-order valence-corrected chi connectivity index (χ4v) is 1.47. The summed E-state index contributed by atoms with van der Waals surface area (Å²) in [6.45, 7) is 1.84. The fourth-order valence-electron chi connectivity index (χ4n) is 1.47. The van der Waals surface area contributed by atoms with E-state index in [2.05, 4.69) is 5.10 Å². The maximum atomic E-state index is 12.9. The van der Waals surface area contributed by atoms with Crippen molar-refractivity contribution < 1.29 is 9.13 Å². The van der Waals surface area contributed by atoms with Crippen LogP contribution in [0.1, 0.15) is 11.3 Å². The molecule has 1 heterocycles. The molecule has 5 heteroatoms. The first kappa shape index (κ1) is 11.1. The minimum Gasteiger partial charge on any atom is -0.438 e. The van der Waals surface area contributed by atoms with E-state index in [1.807, 2.05) is 13.0 Å². The topological polar surface area (TPSA) is 50.8 Å². The number of benzene rings is 1. The van der Waals surface area contributed by atoms with Gasteiger partial charge in [0, 0.05) is 13.1 Å². The lowest BCUT2D eigenvalue weighted by Crippen LogP contribution is -1.96. The SMILES string of the molecule is Cc1cc(Oc2ccc(F)cc2C#N)n(C)n1. The number of aromatic nitrogens is 2. The molecule has 0 radical (unpaired) electrons. The molecule has 0 unspecified atom stereocenters. The normalized spacial score (nSPS) is 10.0. The van der Waals surface area contributed by atoms with Crippen LogP contribution in [0.25, 0.3) is 0 Å². The van der Waals surface area contributed by atoms with Crippen LogP contribution in [0.5, 0.6) is 11.6 Å². The van der Waals surface area contributed by atoms with Gasteiger partial charge in [0.15, 0.2) is 0 Å². The van der Waals surface area contributed by atoms with Gasteiger partial charge in [0.1, 0.15) is 17.6 Å². The van der Waals surface area contributed by atoms with Crippen molar-refractivity contribution in [2.45, 2.75) is 6.92 Å². The van der Waals surface area contributed by atoms with Gasteiger partial charge in [0.2, 0.25) is 5.88 Å². The van der Waals surface area contributed by atoms with E-state index in [9.17, 15) is 4.39 Å². The number of halogens is 1. The molecule has 0 saturated heterocycles. The zero-order chi connectivity index (χ0) is 12.4. The number of hydrogen-bond acceptors (Lipinski definition) is 3. The van der Waals surface area contributed by atoms with Gasteiger partial charge >= 0.3 is 0 Å². The molecule has 0 bridgehead atoms. The van der Waals surface area contributed by atoms with Crippen LogP contribution in [0.2, 0.25) is 0 Å². The lowest BCUT2D eigenvalue weighted by Gasteiger charge is -2.06. The smallest absolute Gasteiger partial charge is 0.217 e. The quantitative estimate of drug-likeness (QED) is 0.798. The lowest BCUT2D eigenvalue weighted by molar-refractivity contribution is 0.428. The second-order valence-corrected chi connectivity index (χ2v) is 3.60. The molecular weight excluding hydrogens is 221 g/mol. The predicted octanol–water partition coefficient (Wildman–Crippen LogP) is 2.53. The average molecular weight is 231 g/mol. The molecular formula is C12H10FN3O. The number of nitrogens with zero attached hydrogens (tertiary/aromatic N) is 3. The van der Waals surface area contributed by atoms with Crippen molar-refractivity contribution in [3.63, 3.8) is 0 Å². The molecule has 1 aromatic carbocycles. The van der Waals surface area contributed by atoms with Crippen LogP contribution in [0.4, 0.5) is 4.39 Å². The first-order valence-corrected chi connectivity index (χ1v) is 4.98. The molecule has 0 aliphatic carbocycles. The lowest BCUT2D eigenvalue weighted by atomic mass is 10.2. The molecule has 0 amide bonds. The van der Waals surface area contributed by atoms with Crippen LogP contribution in [-0.2, 0) is 7.05 Å². The zero-order valence-electron chi connectivity index (χ0n) is 9.44. The summed E-state index contributed by atoms with van der Waals surface area (Å²) in [4.78, 5) is 0. The van der Waals surface area contributed by atoms with Crippen molar-refractivity contribution in [2.24, 2.45) is 7.05 Å². The van der Waals surface area contributed by atoms with E-state index in [1.54, 1.807) is 17.8 Å². The molecule has 0 spiro atoms. The van der Waals surface area contributed by atoms with Crippen molar-refractivity contribution in [1.82, 2.24) is 9.78 Å². The first-order valence-electron chi connectivity index (χ1n) is 4.98. The molecule has 17 heavy (non-hydrogen) atoms. The Morgan fingerprint density at radius 1 is 1.41 bits per heavy atom. The van der Waals surface area contributed by atoms with Crippen molar-refractivity contribution >= 4 is 0 Å². The van der Waals surface area contributed by atoms with E-state index in [0.29, 0.717) is 11.6 Å². The largest absolute Gasteiger partial charge is 0.438 e. The molecule has 0 N–H and O–H groups in total. The molecule has 1 aromatic heterocycles. The summed E-state index contributed by atoms with van der Waals surface area (Å²) >= 11 is 0. The second-order valence-electron chi connectivity index (χ2n) is 3.60. The molecule has 86 valence electrons. The number of rotatable bonds is 2. The molecule has 2 rings (SSSR count). The van der Waals surface area contributed by atoms with Crippen molar-refractivity contribution in [1.29, 1.82) is 5.26 Å². The summed E-state index contributed by atoms with van der Waals surface area (Å²) in [6.07, 6.45) is 0. The van der Waals surface area contributed by atoms with Gasteiger partial charge in [-0.15, -0.1) is 0 Å². The Balaban J connectivity index is 2.37. The van der Waals surface area contributed by atoms with Gasteiger partial charge in [-0.25, -0.2) is 9.07 Å². The Morgan fingerprint density at radius 3 is 2.76 bits per heavy atom. The zero-order valence-corrected chi connectivity index (χ0v) is 9.44. The highest BCUT2D eigenvalue weighted by Gasteiger charge is 2.09. The fraction of sp³-hybridized carbons (Fsp3) is 0.167. The van der Waals surface area contributed by atoms with Crippen LogP contribution in [-0.4, -0.2) is 9.78 Å². The number of hydrogen-bond donors (Lipinski definition) is 0. The van der Waals surface area contributed by atoms with Gasteiger partial charge < -0.3 is 4.74 Å². The number of nitriles is 1. The summed E-state index contributed by atoms with van der Waals surface area (Å²) in [5.41, 5.74) is 0.965. The van der Waals surface area contributed by atoms with Gasteiger partial charge in [0.05, 0.1) is 11.3 Å². The average Bonchev–Trinajstić information content (AvgIpc) is 2.60. The van der Waals surface area contributed by atoms with Gasteiger partial charge in [-0.1, -0.05) is 0 Å². The maximum Gasteiger partial charge on any atom is 0.217 e. The third-order valence-electron chi connectivity index (χ3n) is 2.24. The van der Waals surface area contributed by atoms with E-state index >= 15 is 0 Å². The van der Waals surface area contributed by atoms with E-state index in [0.717, 1.165) is 11.8 Å². The minimum absolute atomic E-state index is 0.156. The Hall–Kier alpha value is -2.35. The predicted molar refractivity (Wildman–Crippen MR) is 59.1 cm³/mol. The summed E-state index contributed by atoms with van der Waals surface area (Å²) in [7, 11) is 1.73. The van der Waals surface area contributed by atoms with Gasteiger partial charge in [-0.2, -0.15) is 10.4 Å². The molecule has 0 saturated carbocycles. The van der Waals surface area contributed by atoms with Crippen LogP contribution in [0.15, 0.2) is 24.3 Å². The standard InChI is InChI=1S/C12H10FN3O/c1-8-5-12(16(2)15-8)17-11-4-3-10(13)6-9(11)7-14/h3-6H,1-2H3. The Kier molecular flexibility index (Phi) is 2.79. The number of ether oxygens (including phenoxy) is 1. The third-order valence-corrected chi connectivity index (χ3v) is 2.24. The molecule has 2 aromatic rings. The van der Waals surface area contributed by atoms with E-state index < -0.39 is 5.82 Å². The molecule has 0 aliphatic rings. The molecule has 0 atom stereocenters. The minimum atomic E-state index is -0.463. The van der Waals surface area contributed by atoms with Gasteiger partial charge in [0.25, 0.3) is 0 Å². The Labute approximate surface area is 97.9 Å². The number of aryl methyl sites for hydroxylation is 2.